The van der Waals surface area contributed by atoms with Crippen molar-refractivity contribution in [2.45, 2.75) is 18.9 Å². The number of para-hydroxylation sites is 1. The van der Waals surface area contributed by atoms with Crippen LogP contribution in [0.3, 0.4) is 0 Å². The van der Waals surface area contributed by atoms with Crippen LogP contribution in [0.5, 0.6) is 5.75 Å². The van der Waals surface area contributed by atoms with E-state index in [1.807, 2.05) is 24.3 Å². The van der Waals surface area contributed by atoms with E-state index in [1.165, 1.54) is 12.1 Å². The average Bonchev–Trinajstić information content (AvgIpc) is 2.57. The van der Waals surface area contributed by atoms with Crippen LogP contribution in [0.2, 0.25) is 5.02 Å². The Balaban J connectivity index is 1.59. The Labute approximate surface area is 145 Å². The maximum Gasteiger partial charge on any atom is 0.189 e. The molecule has 0 aromatic heterocycles. The normalized spacial score (nSPS) is 17.1. The van der Waals surface area contributed by atoms with E-state index in [0.717, 1.165) is 23.3 Å². The molecule has 1 unspecified atom stereocenters. The van der Waals surface area contributed by atoms with Gasteiger partial charge in [0.25, 0.3) is 0 Å². The van der Waals surface area contributed by atoms with Gasteiger partial charge in [0.1, 0.15) is 11.6 Å². The number of hydrogen-bond acceptors (Lipinski definition) is 2. The molecule has 1 aliphatic heterocycles. The lowest BCUT2D eigenvalue weighted by molar-refractivity contribution is 0.262. The molecule has 1 atom stereocenters. The molecule has 0 saturated carbocycles. The van der Waals surface area contributed by atoms with Crippen molar-refractivity contribution < 1.29 is 9.13 Å². The first-order valence-corrected chi connectivity index (χ1v) is 8.23. The summed E-state index contributed by atoms with van der Waals surface area (Å²) in [6.07, 6.45) is 1.43. The van der Waals surface area contributed by atoms with Gasteiger partial charge in [-0.2, -0.15) is 0 Å². The Morgan fingerprint density at radius 3 is 3.00 bits per heavy atom. The van der Waals surface area contributed by atoms with Crippen molar-refractivity contribution in [3.8, 4) is 5.75 Å². The van der Waals surface area contributed by atoms with Crippen molar-refractivity contribution >= 4 is 17.6 Å². The van der Waals surface area contributed by atoms with Gasteiger partial charge in [0.15, 0.2) is 5.96 Å². The molecular formula is C18H19ClFN3O. The Bertz CT molecular complexity index is 751. The number of hydrogen-bond donors (Lipinski definition) is 2. The quantitative estimate of drug-likeness (QED) is 0.658. The molecule has 1 aliphatic rings. The zero-order valence-corrected chi connectivity index (χ0v) is 13.9. The minimum Gasteiger partial charge on any atom is -0.493 e. The van der Waals surface area contributed by atoms with Gasteiger partial charge in [-0.1, -0.05) is 35.9 Å². The summed E-state index contributed by atoms with van der Waals surface area (Å²) in [4.78, 5) is 4.34. The number of nitrogens with two attached hydrogens (primary N) is 1. The molecule has 3 rings (SSSR count). The molecule has 4 nitrogen and oxygen atoms in total. The van der Waals surface area contributed by atoms with Gasteiger partial charge in [-0.25, -0.2) is 4.39 Å². The number of guanidine groups is 1. The largest absolute Gasteiger partial charge is 0.493 e. The summed E-state index contributed by atoms with van der Waals surface area (Å²) in [7, 11) is 0. The van der Waals surface area contributed by atoms with Crippen LogP contribution in [0.1, 0.15) is 23.6 Å². The van der Waals surface area contributed by atoms with E-state index >= 15 is 0 Å². The molecule has 3 N–H and O–H groups in total. The molecule has 0 spiro atoms. The Morgan fingerprint density at radius 1 is 1.33 bits per heavy atom. The zero-order chi connectivity index (χ0) is 16.9. The summed E-state index contributed by atoms with van der Waals surface area (Å²) in [5, 5.41) is 3.65. The number of rotatable bonds is 4. The third kappa shape index (κ3) is 3.97. The lowest BCUT2D eigenvalue weighted by Gasteiger charge is -2.26. The first-order chi connectivity index (χ1) is 11.6. The fourth-order valence-corrected chi connectivity index (χ4v) is 3.00. The molecule has 0 bridgehead atoms. The molecule has 0 amide bonds. The monoisotopic (exact) mass is 347 g/mol. The summed E-state index contributed by atoms with van der Waals surface area (Å²) in [6, 6.07) is 12.4. The number of fused-ring (bicyclic) bond motifs is 1. The molecule has 0 aliphatic carbocycles. The first kappa shape index (κ1) is 16.6. The van der Waals surface area contributed by atoms with Gasteiger partial charge in [0.2, 0.25) is 0 Å². The molecule has 126 valence electrons. The predicted octanol–water partition coefficient (Wildman–Crippen LogP) is 3.45. The number of ether oxygens (including phenoxy) is 1. The number of halogens is 2. The van der Waals surface area contributed by atoms with Crippen molar-refractivity contribution in [3.05, 3.63) is 64.4 Å². The summed E-state index contributed by atoms with van der Waals surface area (Å²) >= 11 is 6.01. The molecule has 6 heteroatoms. The van der Waals surface area contributed by atoms with Crippen molar-refractivity contribution in [1.29, 1.82) is 0 Å². The molecule has 24 heavy (non-hydrogen) atoms. The number of aliphatic imine (C=N–C) groups is 1. The molecule has 2 aromatic rings. The molecule has 0 fully saturated rings. The van der Waals surface area contributed by atoms with Gasteiger partial charge < -0.3 is 15.8 Å². The van der Waals surface area contributed by atoms with E-state index in [9.17, 15) is 4.39 Å². The van der Waals surface area contributed by atoms with Gasteiger partial charge in [-0.3, -0.25) is 4.99 Å². The summed E-state index contributed by atoms with van der Waals surface area (Å²) < 4.78 is 18.7. The predicted molar refractivity (Wildman–Crippen MR) is 94.0 cm³/mol. The molecule has 0 saturated heterocycles. The Hall–Kier alpha value is -2.27. The molecule has 0 radical (unpaired) electrons. The third-order valence-electron chi connectivity index (χ3n) is 3.96. The Morgan fingerprint density at radius 2 is 2.17 bits per heavy atom. The van der Waals surface area contributed by atoms with Crippen LogP contribution in [0.4, 0.5) is 4.39 Å². The van der Waals surface area contributed by atoms with Crippen molar-refractivity contribution in [3.63, 3.8) is 0 Å². The van der Waals surface area contributed by atoms with E-state index < -0.39 is 0 Å². The second-order valence-electron chi connectivity index (χ2n) is 5.62. The maximum atomic E-state index is 13.0. The van der Waals surface area contributed by atoms with Crippen LogP contribution in [-0.4, -0.2) is 19.1 Å². The van der Waals surface area contributed by atoms with Crippen LogP contribution >= 0.6 is 11.6 Å². The molecule has 1 heterocycles. The fraction of sp³-hybridized carbons (Fsp3) is 0.278. The third-order valence-corrected chi connectivity index (χ3v) is 4.31. The average molecular weight is 348 g/mol. The van der Waals surface area contributed by atoms with Gasteiger partial charge in [0, 0.05) is 23.6 Å². The Kier molecular flexibility index (Phi) is 5.20. The number of nitrogens with zero attached hydrogens (tertiary/aromatic N) is 1. The number of nitrogens with one attached hydrogen (secondary N) is 1. The first-order valence-electron chi connectivity index (χ1n) is 7.85. The van der Waals surface area contributed by atoms with Gasteiger partial charge in [0.05, 0.1) is 12.6 Å². The summed E-state index contributed by atoms with van der Waals surface area (Å²) in [5.74, 6) is 0.925. The lowest BCUT2D eigenvalue weighted by Crippen LogP contribution is -2.37. The van der Waals surface area contributed by atoms with Gasteiger partial charge in [-0.15, -0.1) is 0 Å². The van der Waals surface area contributed by atoms with Crippen molar-refractivity contribution in [2.24, 2.45) is 10.7 Å². The molecule has 2 aromatic carbocycles. The number of benzene rings is 2. The van der Waals surface area contributed by atoms with E-state index in [1.54, 1.807) is 6.07 Å². The highest BCUT2D eigenvalue weighted by atomic mass is 35.5. The summed E-state index contributed by atoms with van der Waals surface area (Å²) in [6.45, 7) is 1.13. The minimum atomic E-state index is -0.341. The topological polar surface area (TPSA) is 59.6 Å². The molecular weight excluding hydrogens is 329 g/mol. The van der Waals surface area contributed by atoms with Crippen LogP contribution in [0.15, 0.2) is 47.5 Å². The zero-order valence-electron chi connectivity index (χ0n) is 13.1. The van der Waals surface area contributed by atoms with Gasteiger partial charge in [-0.05, 0) is 30.2 Å². The highest BCUT2D eigenvalue weighted by Gasteiger charge is 2.21. The highest BCUT2D eigenvalue weighted by Crippen LogP contribution is 2.31. The van der Waals surface area contributed by atoms with E-state index in [0.29, 0.717) is 30.6 Å². The van der Waals surface area contributed by atoms with Crippen LogP contribution in [0, 0.1) is 5.82 Å². The minimum absolute atomic E-state index is 0.0908. The van der Waals surface area contributed by atoms with Crippen LogP contribution in [0.25, 0.3) is 0 Å². The maximum absolute atomic E-state index is 13.0. The highest BCUT2D eigenvalue weighted by molar-refractivity contribution is 6.31. The van der Waals surface area contributed by atoms with Gasteiger partial charge >= 0.3 is 0 Å². The second-order valence-corrected chi connectivity index (χ2v) is 6.03. The van der Waals surface area contributed by atoms with E-state index in [2.05, 4.69) is 10.3 Å². The fourth-order valence-electron chi connectivity index (χ4n) is 2.74. The smallest absolute Gasteiger partial charge is 0.189 e. The van der Waals surface area contributed by atoms with E-state index in [-0.39, 0.29) is 11.9 Å². The standard InChI is InChI=1S/C18H19ClFN3O/c19-15-11-13(20)6-5-12(15)7-9-22-18(21)23-16-8-10-24-17-4-2-1-3-14(16)17/h1-6,11,16H,7-10H2,(H3,21,22,23). The lowest BCUT2D eigenvalue weighted by atomic mass is 10.0. The van der Waals surface area contributed by atoms with Crippen molar-refractivity contribution in [1.82, 2.24) is 5.32 Å². The second kappa shape index (κ2) is 7.53. The van der Waals surface area contributed by atoms with Crippen molar-refractivity contribution in [2.75, 3.05) is 13.2 Å². The van der Waals surface area contributed by atoms with E-state index in [4.69, 9.17) is 22.1 Å². The van der Waals surface area contributed by atoms with Crippen LogP contribution < -0.4 is 15.8 Å². The summed E-state index contributed by atoms with van der Waals surface area (Å²) in [5.41, 5.74) is 7.93. The van der Waals surface area contributed by atoms with Crippen LogP contribution in [-0.2, 0) is 6.42 Å². The SMILES string of the molecule is NC(=NCCc1ccc(F)cc1Cl)NC1CCOc2ccccc21.